The topological polar surface area (TPSA) is 86.2 Å². The molecule has 0 heterocycles. The van der Waals surface area contributed by atoms with Crippen molar-refractivity contribution in [2.24, 2.45) is 0 Å². The molecule has 2 N–H and O–H groups in total. The second kappa shape index (κ2) is 10.0. The van der Waals surface area contributed by atoms with Gasteiger partial charge < -0.3 is 18.9 Å². The summed E-state index contributed by atoms with van der Waals surface area (Å²) < 4.78 is 21.4. The maximum atomic E-state index is 11.2. The van der Waals surface area contributed by atoms with Gasteiger partial charge in [0.25, 0.3) is 5.91 Å². The van der Waals surface area contributed by atoms with Gasteiger partial charge in [-0.25, -0.2) is 5.48 Å². The maximum absolute atomic E-state index is 11.2. The highest BCUT2D eigenvalue weighted by Crippen LogP contribution is 2.38. The molecule has 7 nitrogen and oxygen atoms in total. The summed E-state index contributed by atoms with van der Waals surface area (Å²) in [5.74, 6) is 1.64. The molecule has 0 aromatic heterocycles. The SMILES string of the molecule is COc1ccc(/C=C\c2cc(OC)c(OC)c(OC)c2)cc1/C=C/C(=O)NO. The predicted molar refractivity (Wildman–Crippen MR) is 107 cm³/mol. The largest absolute Gasteiger partial charge is 0.496 e. The van der Waals surface area contributed by atoms with Crippen LogP contribution in [0.5, 0.6) is 23.0 Å². The van der Waals surface area contributed by atoms with Gasteiger partial charge in [-0.2, -0.15) is 0 Å². The highest BCUT2D eigenvalue weighted by atomic mass is 16.5. The number of methoxy groups -OCH3 is 4. The van der Waals surface area contributed by atoms with Gasteiger partial charge in [-0.15, -0.1) is 0 Å². The second-order valence-corrected chi connectivity index (χ2v) is 5.60. The first-order valence-electron chi connectivity index (χ1n) is 8.34. The molecule has 0 aliphatic heterocycles. The number of rotatable bonds is 8. The molecule has 2 rings (SSSR count). The molecule has 0 atom stereocenters. The molecule has 0 saturated heterocycles. The van der Waals surface area contributed by atoms with E-state index in [1.165, 1.54) is 6.08 Å². The molecular weight excluding hydrogens is 362 g/mol. The lowest BCUT2D eigenvalue weighted by Gasteiger charge is -2.12. The second-order valence-electron chi connectivity index (χ2n) is 5.60. The predicted octanol–water partition coefficient (Wildman–Crippen LogP) is 3.41. The van der Waals surface area contributed by atoms with E-state index in [0.717, 1.165) is 11.1 Å². The Labute approximate surface area is 163 Å². The van der Waals surface area contributed by atoms with Gasteiger partial charge in [0.05, 0.1) is 28.4 Å². The number of amides is 1. The van der Waals surface area contributed by atoms with Crippen LogP contribution in [0.25, 0.3) is 18.2 Å². The van der Waals surface area contributed by atoms with Crippen LogP contribution in [0.15, 0.2) is 36.4 Å². The number of carbonyl (C=O) groups excluding carboxylic acids is 1. The molecule has 0 aliphatic rings. The molecule has 1 amide bonds. The first-order valence-corrected chi connectivity index (χ1v) is 8.34. The highest BCUT2D eigenvalue weighted by molar-refractivity contribution is 5.91. The van der Waals surface area contributed by atoms with Crippen LogP contribution >= 0.6 is 0 Å². The Bertz CT molecular complexity index is 863. The molecule has 148 valence electrons. The summed E-state index contributed by atoms with van der Waals surface area (Å²) in [6, 6.07) is 9.22. The Hall–Kier alpha value is -3.45. The fourth-order valence-corrected chi connectivity index (χ4v) is 2.58. The monoisotopic (exact) mass is 385 g/mol. The lowest BCUT2D eigenvalue weighted by molar-refractivity contribution is -0.124. The van der Waals surface area contributed by atoms with Gasteiger partial charge in [0.2, 0.25) is 5.75 Å². The molecule has 28 heavy (non-hydrogen) atoms. The van der Waals surface area contributed by atoms with Crippen molar-refractivity contribution in [3.05, 3.63) is 53.1 Å². The van der Waals surface area contributed by atoms with E-state index in [2.05, 4.69) is 0 Å². The summed E-state index contributed by atoms with van der Waals surface area (Å²) in [6.07, 6.45) is 6.58. The zero-order valence-electron chi connectivity index (χ0n) is 16.2. The molecular formula is C21H23NO6. The van der Waals surface area contributed by atoms with E-state index in [-0.39, 0.29) is 0 Å². The Morgan fingerprint density at radius 2 is 1.43 bits per heavy atom. The zero-order chi connectivity index (χ0) is 20.5. The maximum Gasteiger partial charge on any atom is 0.267 e. The van der Waals surface area contributed by atoms with Crippen molar-refractivity contribution in [2.45, 2.75) is 0 Å². The Balaban J connectivity index is 2.36. The fourth-order valence-electron chi connectivity index (χ4n) is 2.58. The van der Waals surface area contributed by atoms with E-state index in [1.54, 1.807) is 46.1 Å². The first-order chi connectivity index (χ1) is 13.6. The molecule has 0 spiro atoms. The number of benzene rings is 2. The van der Waals surface area contributed by atoms with Gasteiger partial charge in [-0.1, -0.05) is 18.2 Å². The van der Waals surface area contributed by atoms with Crippen LogP contribution < -0.4 is 24.4 Å². The van der Waals surface area contributed by atoms with Gasteiger partial charge in [0, 0.05) is 11.6 Å². The van der Waals surface area contributed by atoms with Gasteiger partial charge in [-0.3, -0.25) is 10.0 Å². The smallest absolute Gasteiger partial charge is 0.267 e. The molecule has 0 aliphatic carbocycles. The average molecular weight is 385 g/mol. The lowest BCUT2D eigenvalue weighted by atomic mass is 10.1. The lowest BCUT2D eigenvalue weighted by Crippen LogP contribution is -2.14. The summed E-state index contributed by atoms with van der Waals surface area (Å²) >= 11 is 0. The van der Waals surface area contributed by atoms with Crippen LogP contribution in [0.1, 0.15) is 16.7 Å². The van der Waals surface area contributed by atoms with E-state index in [9.17, 15) is 4.79 Å². The van der Waals surface area contributed by atoms with Crippen molar-refractivity contribution in [3.63, 3.8) is 0 Å². The minimum atomic E-state index is -0.625. The van der Waals surface area contributed by atoms with E-state index >= 15 is 0 Å². The number of ether oxygens (including phenoxy) is 4. The van der Waals surface area contributed by atoms with Crippen LogP contribution in [-0.4, -0.2) is 39.6 Å². The Morgan fingerprint density at radius 3 is 1.96 bits per heavy atom. The number of nitrogens with one attached hydrogen (secondary N) is 1. The third kappa shape index (κ3) is 5.05. The summed E-state index contributed by atoms with van der Waals surface area (Å²) in [5, 5.41) is 8.60. The zero-order valence-corrected chi connectivity index (χ0v) is 16.2. The molecule has 0 bridgehead atoms. The minimum Gasteiger partial charge on any atom is -0.496 e. The van der Waals surface area contributed by atoms with Crippen molar-refractivity contribution in [2.75, 3.05) is 28.4 Å². The van der Waals surface area contributed by atoms with E-state index < -0.39 is 5.91 Å². The first kappa shape index (κ1) is 20.9. The van der Waals surface area contributed by atoms with Crippen LogP contribution in [0.4, 0.5) is 0 Å². The fraction of sp³-hybridized carbons (Fsp3) is 0.190. The van der Waals surface area contributed by atoms with E-state index in [4.69, 9.17) is 24.2 Å². The Morgan fingerprint density at radius 1 is 0.821 bits per heavy atom. The molecule has 0 unspecified atom stereocenters. The van der Waals surface area contributed by atoms with Crippen molar-refractivity contribution >= 4 is 24.1 Å². The van der Waals surface area contributed by atoms with E-state index in [0.29, 0.717) is 28.6 Å². The van der Waals surface area contributed by atoms with Crippen molar-refractivity contribution < 1.29 is 28.9 Å². The molecule has 2 aromatic rings. The highest BCUT2D eigenvalue weighted by Gasteiger charge is 2.12. The molecule has 0 fully saturated rings. The standard InChI is InChI=1S/C21H23NO6/c1-25-17-9-7-14(11-16(17)8-10-20(23)22-24)5-6-15-12-18(26-2)21(28-4)19(13-15)27-3/h5-13,24H,1-4H3,(H,22,23)/b6-5-,10-8+. The van der Waals surface area contributed by atoms with Crippen molar-refractivity contribution in [3.8, 4) is 23.0 Å². The normalized spacial score (nSPS) is 10.9. The molecule has 0 radical (unpaired) electrons. The molecule has 7 heteroatoms. The minimum absolute atomic E-state index is 0.529. The number of carbonyl (C=O) groups is 1. The number of hydrogen-bond donors (Lipinski definition) is 2. The quantitative estimate of drug-likeness (QED) is 0.313. The van der Waals surface area contributed by atoms with E-state index in [1.807, 2.05) is 36.4 Å². The molecule has 2 aromatic carbocycles. The average Bonchev–Trinajstić information content (AvgIpc) is 2.74. The third-order valence-electron chi connectivity index (χ3n) is 3.93. The summed E-state index contributed by atoms with van der Waals surface area (Å²) in [7, 11) is 6.23. The number of hydrogen-bond acceptors (Lipinski definition) is 6. The van der Waals surface area contributed by atoms with Crippen molar-refractivity contribution in [1.82, 2.24) is 5.48 Å². The third-order valence-corrected chi connectivity index (χ3v) is 3.93. The van der Waals surface area contributed by atoms with Gasteiger partial charge in [-0.05, 0) is 41.5 Å². The van der Waals surface area contributed by atoms with Crippen molar-refractivity contribution in [1.29, 1.82) is 0 Å². The Kier molecular flexibility index (Phi) is 7.47. The number of hydroxylamine groups is 1. The summed E-state index contributed by atoms with van der Waals surface area (Å²) in [5.41, 5.74) is 3.99. The van der Waals surface area contributed by atoms with Gasteiger partial charge >= 0.3 is 0 Å². The van der Waals surface area contributed by atoms with Crippen LogP contribution in [-0.2, 0) is 4.79 Å². The van der Waals surface area contributed by atoms with Crippen LogP contribution in [0.2, 0.25) is 0 Å². The van der Waals surface area contributed by atoms with Gasteiger partial charge in [0.1, 0.15) is 5.75 Å². The van der Waals surface area contributed by atoms with Gasteiger partial charge in [0.15, 0.2) is 11.5 Å². The van der Waals surface area contributed by atoms with Crippen LogP contribution in [0.3, 0.4) is 0 Å². The van der Waals surface area contributed by atoms with Crippen LogP contribution in [0, 0.1) is 0 Å². The summed E-state index contributed by atoms with van der Waals surface area (Å²) in [4.78, 5) is 11.2. The summed E-state index contributed by atoms with van der Waals surface area (Å²) in [6.45, 7) is 0. The molecule has 0 saturated carbocycles.